The van der Waals surface area contributed by atoms with Gasteiger partial charge in [-0.25, -0.2) is 4.98 Å². The molecule has 2 N–H and O–H groups in total. The van der Waals surface area contributed by atoms with Crippen molar-refractivity contribution in [3.63, 3.8) is 0 Å². The van der Waals surface area contributed by atoms with Crippen LogP contribution >= 0.6 is 0 Å². The smallest absolute Gasteiger partial charge is 0.313 e. The largest absolute Gasteiger partial charge is 0.496 e. The number of anilines is 2. The average Bonchev–Trinajstić information content (AvgIpc) is 3.47. The molecule has 3 aromatic rings. The van der Waals surface area contributed by atoms with Crippen molar-refractivity contribution >= 4 is 23.2 Å². The van der Waals surface area contributed by atoms with Crippen molar-refractivity contribution in [3.05, 3.63) is 49.0 Å². The van der Waals surface area contributed by atoms with E-state index >= 15 is 0 Å². The molecular formula is C28H35N5O6. The van der Waals surface area contributed by atoms with Crippen molar-refractivity contribution in [3.8, 4) is 28.6 Å². The minimum absolute atomic E-state index is 0.430. The maximum atomic E-state index is 12.7. The van der Waals surface area contributed by atoms with Gasteiger partial charge >= 0.3 is 11.8 Å². The van der Waals surface area contributed by atoms with Gasteiger partial charge in [-0.3, -0.25) is 14.5 Å². The van der Waals surface area contributed by atoms with Crippen LogP contribution in [0.4, 0.5) is 11.4 Å². The van der Waals surface area contributed by atoms with E-state index < -0.39 is 17.4 Å². The Morgan fingerprint density at radius 2 is 1.64 bits per heavy atom. The number of benzene rings is 2. The van der Waals surface area contributed by atoms with Gasteiger partial charge in [0.2, 0.25) is 0 Å². The Labute approximate surface area is 228 Å². The minimum Gasteiger partial charge on any atom is -0.496 e. The van der Waals surface area contributed by atoms with Crippen LogP contribution in [0.25, 0.3) is 11.3 Å². The molecule has 208 valence electrons. The number of hydrogen-bond acceptors (Lipinski definition) is 9. The lowest BCUT2D eigenvalue weighted by Crippen LogP contribution is -2.57. The normalized spacial score (nSPS) is 14.0. The standard InChI is InChI=1S/C28H35N5O6/c1-28(2,17-32-10-12-33(13-11-32)20-7-9-22(36-3)24(15-20)38-5)31-27(35)26(34)30-19-6-8-21(23(14-19)37-4)25-16-29-18-39-25/h6-9,14-16,18H,10-13,17H2,1-5H3,(H,30,34)(H,31,35). The maximum absolute atomic E-state index is 12.7. The highest BCUT2D eigenvalue weighted by molar-refractivity contribution is 6.39. The fraction of sp³-hybridized carbons (Fsp3) is 0.393. The van der Waals surface area contributed by atoms with Crippen LogP contribution in [-0.4, -0.2) is 81.3 Å². The van der Waals surface area contributed by atoms with E-state index in [0.717, 1.165) is 31.9 Å². The zero-order valence-electron chi connectivity index (χ0n) is 22.9. The molecule has 1 saturated heterocycles. The van der Waals surface area contributed by atoms with Crippen molar-refractivity contribution in [1.29, 1.82) is 0 Å². The summed E-state index contributed by atoms with van der Waals surface area (Å²) in [4.78, 5) is 33.9. The van der Waals surface area contributed by atoms with Crippen molar-refractivity contribution in [2.24, 2.45) is 0 Å². The van der Waals surface area contributed by atoms with Gasteiger partial charge in [-0.15, -0.1) is 0 Å². The molecule has 2 heterocycles. The van der Waals surface area contributed by atoms with Crippen molar-refractivity contribution in [2.75, 3.05) is 64.3 Å². The van der Waals surface area contributed by atoms with E-state index in [1.807, 2.05) is 32.0 Å². The Kier molecular flexibility index (Phi) is 8.60. The third-order valence-electron chi connectivity index (χ3n) is 6.54. The van der Waals surface area contributed by atoms with Crippen LogP contribution in [0.15, 0.2) is 53.4 Å². The maximum Gasteiger partial charge on any atom is 0.313 e. The van der Waals surface area contributed by atoms with Crippen LogP contribution in [0.5, 0.6) is 17.2 Å². The number of nitrogens with zero attached hydrogens (tertiary/aromatic N) is 3. The topological polar surface area (TPSA) is 118 Å². The zero-order chi connectivity index (χ0) is 28.0. The highest BCUT2D eigenvalue weighted by Gasteiger charge is 2.29. The molecule has 0 radical (unpaired) electrons. The molecule has 1 aliphatic rings. The molecule has 0 saturated carbocycles. The van der Waals surface area contributed by atoms with E-state index in [0.29, 0.717) is 40.8 Å². The van der Waals surface area contributed by atoms with Gasteiger partial charge in [0.05, 0.1) is 33.1 Å². The van der Waals surface area contributed by atoms with Crippen LogP contribution < -0.4 is 29.7 Å². The number of methoxy groups -OCH3 is 3. The highest BCUT2D eigenvalue weighted by Crippen LogP contribution is 2.33. The molecule has 0 unspecified atom stereocenters. The SMILES string of the molecule is COc1ccc(N2CCN(CC(C)(C)NC(=O)C(=O)Nc3ccc(-c4cnco4)c(OC)c3)CC2)cc1OC. The molecule has 2 aromatic carbocycles. The Morgan fingerprint density at radius 3 is 2.28 bits per heavy atom. The summed E-state index contributed by atoms with van der Waals surface area (Å²) in [5.41, 5.74) is 1.57. The lowest BCUT2D eigenvalue weighted by atomic mass is 10.0. The number of piperazine rings is 1. The summed E-state index contributed by atoms with van der Waals surface area (Å²) in [5.74, 6) is 0.956. The predicted octanol–water partition coefficient (Wildman–Crippen LogP) is 3.02. The van der Waals surface area contributed by atoms with E-state index in [9.17, 15) is 9.59 Å². The van der Waals surface area contributed by atoms with Gasteiger partial charge in [-0.05, 0) is 38.1 Å². The fourth-order valence-corrected chi connectivity index (χ4v) is 4.66. The Balaban J connectivity index is 1.29. The Hall–Kier alpha value is -4.25. The second kappa shape index (κ2) is 12.1. The van der Waals surface area contributed by atoms with Gasteiger partial charge < -0.3 is 34.2 Å². The number of amides is 2. The summed E-state index contributed by atoms with van der Waals surface area (Å²) in [7, 11) is 4.77. The first-order chi connectivity index (χ1) is 18.7. The Morgan fingerprint density at radius 1 is 0.923 bits per heavy atom. The monoisotopic (exact) mass is 537 g/mol. The Bertz CT molecular complexity index is 1290. The zero-order valence-corrected chi connectivity index (χ0v) is 22.9. The molecule has 11 heteroatoms. The molecule has 1 aliphatic heterocycles. The first kappa shape index (κ1) is 27.8. The summed E-state index contributed by atoms with van der Waals surface area (Å²) in [6, 6.07) is 11.0. The molecule has 2 amide bonds. The van der Waals surface area contributed by atoms with Crippen LogP contribution in [0, 0.1) is 0 Å². The van der Waals surface area contributed by atoms with Gasteiger partial charge in [0, 0.05) is 61.8 Å². The fourth-order valence-electron chi connectivity index (χ4n) is 4.66. The number of ether oxygens (including phenoxy) is 3. The molecule has 0 aliphatic carbocycles. The van der Waals surface area contributed by atoms with E-state index in [4.69, 9.17) is 18.6 Å². The van der Waals surface area contributed by atoms with E-state index in [-0.39, 0.29) is 0 Å². The van der Waals surface area contributed by atoms with Gasteiger partial charge in [-0.2, -0.15) is 0 Å². The summed E-state index contributed by atoms with van der Waals surface area (Å²) in [6.07, 6.45) is 2.90. The third-order valence-corrected chi connectivity index (χ3v) is 6.54. The number of carbonyl (C=O) groups is 2. The number of aromatic nitrogens is 1. The lowest BCUT2D eigenvalue weighted by molar-refractivity contribution is -0.137. The molecule has 0 spiro atoms. The first-order valence-electron chi connectivity index (χ1n) is 12.6. The van der Waals surface area contributed by atoms with Crippen molar-refractivity contribution in [2.45, 2.75) is 19.4 Å². The quantitative estimate of drug-likeness (QED) is 0.397. The molecule has 1 aromatic heterocycles. The number of hydrogen-bond donors (Lipinski definition) is 2. The van der Waals surface area contributed by atoms with E-state index in [2.05, 4.69) is 25.4 Å². The first-order valence-corrected chi connectivity index (χ1v) is 12.6. The highest BCUT2D eigenvalue weighted by atomic mass is 16.5. The van der Waals surface area contributed by atoms with Crippen LogP contribution in [0.1, 0.15) is 13.8 Å². The number of rotatable bonds is 9. The molecule has 1 fully saturated rings. The number of nitrogens with one attached hydrogen (secondary N) is 2. The summed E-state index contributed by atoms with van der Waals surface area (Å²) < 4.78 is 21.5. The molecule has 11 nitrogen and oxygen atoms in total. The van der Waals surface area contributed by atoms with Gasteiger partial charge in [-0.1, -0.05) is 0 Å². The summed E-state index contributed by atoms with van der Waals surface area (Å²) >= 11 is 0. The van der Waals surface area contributed by atoms with Gasteiger partial charge in [0.25, 0.3) is 0 Å². The predicted molar refractivity (Wildman–Crippen MR) is 148 cm³/mol. The van der Waals surface area contributed by atoms with Crippen molar-refractivity contribution in [1.82, 2.24) is 15.2 Å². The second-order valence-electron chi connectivity index (χ2n) is 9.88. The third kappa shape index (κ3) is 6.80. The molecule has 39 heavy (non-hydrogen) atoms. The number of oxazole rings is 1. The minimum atomic E-state index is -0.754. The van der Waals surface area contributed by atoms with Crippen molar-refractivity contribution < 1.29 is 28.2 Å². The lowest BCUT2D eigenvalue weighted by Gasteiger charge is -2.40. The van der Waals surface area contributed by atoms with Crippen LogP contribution in [0.3, 0.4) is 0 Å². The summed E-state index contributed by atoms with van der Waals surface area (Å²) in [6.45, 7) is 7.71. The van der Waals surface area contributed by atoms with E-state index in [1.165, 1.54) is 13.5 Å². The van der Waals surface area contributed by atoms with Gasteiger partial charge in [0.15, 0.2) is 23.7 Å². The second-order valence-corrected chi connectivity index (χ2v) is 9.88. The average molecular weight is 538 g/mol. The number of carbonyl (C=O) groups excluding carboxylic acids is 2. The van der Waals surface area contributed by atoms with Crippen LogP contribution in [0.2, 0.25) is 0 Å². The van der Waals surface area contributed by atoms with Crippen LogP contribution in [-0.2, 0) is 9.59 Å². The molecular weight excluding hydrogens is 502 g/mol. The molecule has 0 bridgehead atoms. The summed E-state index contributed by atoms with van der Waals surface area (Å²) in [5, 5.41) is 5.51. The van der Waals surface area contributed by atoms with Gasteiger partial charge in [0.1, 0.15) is 5.75 Å². The molecule has 4 rings (SSSR count). The molecule has 0 atom stereocenters. The van der Waals surface area contributed by atoms with E-state index in [1.54, 1.807) is 38.6 Å².